The van der Waals surface area contributed by atoms with E-state index in [1.807, 2.05) is 0 Å². The summed E-state index contributed by atoms with van der Waals surface area (Å²) < 4.78 is 39.0. The van der Waals surface area contributed by atoms with Crippen molar-refractivity contribution in [3.63, 3.8) is 0 Å². The smallest absolute Gasteiger partial charge is 0.350 e. The minimum atomic E-state index is -4.47. The second kappa shape index (κ2) is 8.31. The highest BCUT2D eigenvalue weighted by Gasteiger charge is 2.35. The van der Waals surface area contributed by atoms with Gasteiger partial charge in [-0.25, -0.2) is 4.68 Å². The molecule has 0 spiro atoms. The molecule has 5 nitrogen and oxygen atoms in total. The third-order valence-electron chi connectivity index (χ3n) is 4.73. The molecule has 1 aromatic heterocycles. The number of hydrogen-bond acceptors (Lipinski definition) is 3. The average molecular weight is 403 g/mol. The first kappa shape index (κ1) is 21.2. The fourth-order valence-corrected chi connectivity index (χ4v) is 3.15. The number of nitrogens with one attached hydrogen (secondary N) is 1. The van der Waals surface area contributed by atoms with E-state index in [0.717, 1.165) is 30.9 Å². The highest BCUT2D eigenvalue weighted by molar-refractivity contribution is 5.86. The van der Waals surface area contributed by atoms with E-state index < -0.39 is 17.4 Å². The number of carbonyl (C=O) groups excluding carboxylic acids is 1. The number of aromatic nitrogens is 2. The van der Waals surface area contributed by atoms with E-state index in [0.29, 0.717) is 25.1 Å². The number of nitrogens with two attached hydrogens (primary N) is 1. The highest BCUT2D eigenvalue weighted by atomic mass is 35.5. The van der Waals surface area contributed by atoms with Crippen LogP contribution in [0.25, 0.3) is 5.69 Å². The third kappa shape index (κ3) is 5.01. The molecule has 0 saturated heterocycles. The van der Waals surface area contributed by atoms with E-state index in [1.54, 1.807) is 24.3 Å². The topological polar surface area (TPSA) is 72.9 Å². The Balaban J connectivity index is 0.00000261. The van der Waals surface area contributed by atoms with Crippen molar-refractivity contribution in [3.8, 4) is 5.69 Å². The third-order valence-corrected chi connectivity index (χ3v) is 4.73. The van der Waals surface area contributed by atoms with Crippen LogP contribution in [0.4, 0.5) is 13.2 Å². The quantitative estimate of drug-likeness (QED) is 0.820. The van der Waals surface area contributed by atoms with Crippen LogP contribution in [-0.2, 0) is 17.5 Å². The van der Waals surface area contributed by atoms with E-state index >= 15 is 0 Å². The van der Waals surface area contributed by atoms with Crippen molar-refractivity contribution in [3.05, 3.63) is 47.8 Å². The molecular formula is C18H22ClF3N4O. The van der Waals surface area contributed by atoms with Gasteiger partial charge in [0.2, 0.25) is 5.91 Å². The second-order valence-electron chi connectivity index (χ2n) is 6.71. The Morgan fingerprint density at radius 1 is 1.15 bits per heavy atom. The van der Waals surface area contributed by atoms with Crippen molar-refractivity contribution >= 4 is 18.3 Å². The molecular weight excluding hydrogens is 381 g/mol. The van der Waals surface area contributed by atoms with Crippen molar-refractivity contribution in [1.29, 1.82) is 0 Å². The molecule has 9 heteroatoms. The maximum Gasteiger partial charge on any atom is 0.435 e. The summed E-state index contributed by atoms with van der Waals surface area (Å²) in [6, 6.07) is 7.74. The summed E-state index contributed by atoms with van der Waals surface area (Å²) in [5, 5.41) is 6.39. The Labute approximate surface area is 161 Å². The van der Waals surface area contributed by atoms with Gasteiger partial charge in [0, 0.05) is 12.7 Å². The number of alkyl halides is 3. The molecule has 1 amide bonds. The van der Waals surface area contributed by atoms with E-state index in [-0.39, 0.29) is 18.3 Å². The largest absolute Gasteiger partial charge is 0.435 e. The number of rotatable bonds is 4. The number of halogens is 4. The van der Waals surface area contributed by atoms with Gasteiger partial charge in [-0.3, -0.25) is 4.79 Å². The summed E-state index contributed by atoms with van der Waals surface area (Å²) >= 11 is 0. The van der Waals surface area contributed by atoms with Crippen LogP contribution in [0.5, 0.6) is 0 Å². The Hall–Kier alpha value is -2.06. The van der Waals surface area contributed by atoms with Crippen molar-refractivity contribution in [2.75, 3.05) is 0 Å². The molecule has 1 heterocycles. The Morgan fingerprint density at radius 3 is 2.33 bits per heavy atom. The molecule has 1 aromatic carbocycles. The SMILES string of the molecule is Cl.NC1(C(=O)NCc2ccc(-n3ccc(C(F)(F)F)n3)cc2)CCCCC1. The van der Waals surface area contributed by atoms with Crippen LogP contribution in [0.1, 0.15) is 43.4 Å². The molecule has 0 unspecified atom stereocenters. The maximum atomic E-state index is 12.6. The van der Waals surface area contributed by atoms with Gasteiger partial charge in [0.25, 0.3) is 0 Å². The Kier molecular flexibility index (Phi) is 6.54. The Bertz CT molecular complexity index is 768. The fourth-order valence-electron chi connectivity index (χ4n) is 3.15. The van der Waals surface area contributed by atoms with E-state index in [9.17, 15) is 18.0 Å². The van der Waals surface area contributed by atoms with Crippen LogP contribution in [0, 0.1) is 0 Å². The van der Waals surface area contributed by atoms with Crippen molar-refractivity contribution in [2.45, 2.75) is 50.4 Å². The molecule has 3 N–H and O–H groups in total. The van der Waals surface area contributed by atoms with Crippen molar-refractivity contribution < 1.29 is 18.0 Å². The van der Waals surface area contributed by atoms with Crippen LogP contribution in [0.15, 0.2) is 36.5 Å². The first-order chi connectivity index (χ1) is 12.3. The van der Waals surface area contributed by atoms with E-state index in [1.165, 1.54) is 10.9 Å². The standard InChI is InChI=1S/C18H21F3N4O.ClH/c19-18(20,21)15-8-11-25(24-15)14-6-4-13(5-7-14)12-23-16(26)17(22)9-2-1-3-10-17;/h4-8,11H,1-3,9-10,12,22H2,(H,23,26);1H. The molecule has 1 saturated carbocycles. The molecule has 2 aromatic rings. The van der Waals surface area contributed by atoms with Gasteiger partial charge in [0.1, 0.15) is 0 Å². The van der Waals surface area contributed by atoms with Gasteiger partial charge in [-0.1, -0.05) is 31.4 Å². The van der Waals surface area contributed by atoms with Gasteiger partial charge in [-0.2, -0.15) is 18.3 Å². The zero-order valence-electron chi connectivity index (χ0n) is 14.6. The first-order valence-electron chi connectivity index (χ1n) is 8.57. The summed E-state index contributed by atoms with van der Waals surface area (Å²) in [5.41, 5.74) is 5.81. The van der Waals surface area contributed by atoms with Gasteiger partial charge in [0.05, 0.1) is 11.2 Å². The monoisotopic (exact) mass is 402 g/mol. The first-order valence-corrected chi connectivity index (χ1v) is 8.57. The lowest BCUT2D eigenvalue weighted by Gasteiger charge is -2.31. The van der Waals surface area contributed by atoms with Gasteiger partial charge in [-0.15, -0.1) is 12.4 Å². The summed E-state index contributed by atoms with van der Waals surface area (Å²) in [6.07, 6.45) is 1.22. The normalized spacial score (nSPS) is 16.4. The van der Waals surface area contributed by atoms with Crippen LogP contribution >= 0.6 is 12.4 Å². The second-order valence-corrected chi connectivity index (χ2v) is 6.71. The lowest BCUT2D eigenvalue weighted by molar-refractivity contribution is -0.141. The average Bonchev–Trinajstić information content (AvgIpc) is 3.11. The molecule has 0 bridgehead atoms. The van der Waals surface area contributed by atoms with Crippen LogP contribution < -0.4 is 11.1 Å². The van der Waals surface area contributed by atoms with Gasteiger partial charge >= 0.3 is 6.18 Å². The zero-order chi connectivity index (χ0) is 18.8. The number of benzene rings is 1. The molecule has 3 rings (SSSR count). The fraction of sp³-hybridized carbons (Fsp3) is 0.444. The number of nitrogens with zero attached hydrogens (tertiary/aromatic N) is 2. The molecule has 0 aliphatic heterocycles. The molecule has 148 valence electrons. The minimum Gasteiger partial charge on any atom is -0.350 e. The minimum absolute atomic E-state index is 0. The predicted octanol–water partition coefficient (Wildman–Crippen LogP) is 3.59. The molecule has 0 atom stereocenters. The van der Waals surface area contributed by atoms with E-state index in [4.69, 9.17) is 5.73 Å². The molecule has 27 heavy (non-hydrogen) atoms. The van der Waals surface area contributed by atoms with Crippen LogP contribution in [-0.4, -0.2) is 21.2 Å². The molecule has 0 radical (unpaired) electrons. The zero-order valence-corrected chi connectivity index (χ0v) is 15.4. The van der Waals surface area contributed by atoms with Gasteiger partial charge < -0.3 is 11.1 Å². The molecule has 1 aliphatic carbocycles. The van der Waals surface area contributed by atoms with E-state index in [2.05, 4.69) is 10.4 Å². The van der Waals surface area contributed by atoms with Crippen LogP contribution in [0.3, 0.4) is 0 Å². The maximum absolute atomic E-state index is 12.6. The van der Waals surface area contributed by atoms with Crippen molar-refractivity contribution in [1.82, 2.24) is 15.1 Å². The summed E-state index contributed by atoms with van der Waals surface area (Å²) in [7, 11) is 0. The Morgan fingerprint density at radius 2 is 1.78 bits per heavy atom. The number of hydrogen-bond donors (Lipinski definition) is 2. The van der Waals surface area contributed by atoms with Gasteiger partial charge in [-0.05, 0) is 36.6 Å². The van der Waals surface area contributed by atoms with Crippen LogP contribution in [0.2, 0.25) is 0 Å². The lowest BCUT2D eigenvalue weighted by atomic mass is 9.82. The van der Waals surface area contributed by atoms with Crippen molar-refractivity contribution in [2.24, 2.45) is 5.73 Å². The number of carbonyl (C=O) groups is 1. The van der Waals surface area contributed by atoms with Gasteiger partial charge in [0.15, 0.2) is 5.69 Å². The lowest BCUT2D eigenvalue weighted by Crippen LogP contribution is -2.54. The molecule has 1 fully saturated rings. The summed E-state index contributed by atoms with van der Waals surface area (Å²) in [6.45, 7) is 0.324. The summed E-state index contributed by atoms with van der Waals surface area (Å²) in [4.78, 5) is 12.3. The summed E-state index contributed by atoms with van der Waals surface area (Å²) in [5.74, 6) is -0.150. The number of amides is 1. The predicted molar refractivity (Wildman–Crippen MR) is 97.7 cm³/mol. The molecule has 1 aliphatic rings. The highest BCUT2D eigenvalue weighted by Crippen LogP contribution is 2.28.